The highest BCUT2D eigenvalue weighted by molar-refractivity contribution is 5.98. The summed E-state index contributed by atoms with van der Waals surface area (Å²) in [6.45, 7) is 1.85. The molecule has 0 aliphatic carbocycles. The largest absolute Gasteiger partial charge is 0.314 e. The summed E-state index contributed by atoms with van der Waals surface area (Å²) >= 11 is 0. The average Bonchev–Trinajstić information content (AvgIpc) is 2.47. The zero-order chi connectivity index (χ0) is 13.8. The normalized spacial score (nSPS) is 11.8. The summed E-state index contributed by atoms with van der Waals surface area (Å²) < 4.78 is 0. The Kier molecular flexibility index (Phi) is 3.82. The summed E-state index contributed by atoms with van der Waals surface area (Å²) in [4.78, 5) is 13.7. The van der Waals surface area contributed by atoms with Gasteiger partial charge in [0.25, 0.3) is 0 Å². The van der Waals surface area contributed by atoms with Gasteiger partial charge in [-0.3, -0.25) is 4.79 Å². The predicted octanol–water partition coefficient (Wildman–Crippen LogP) is 3.35. The number of anilines is 1. The maximum absolute atomic E-state index is 12.1. The Bertz CT molecular complexity index is 642. The van der Waals surface area contributed by atoms with E-state index in [-0.39, 0.29) is 5.91 Å². The summed E-state index contributed by atoms with van der Waals surface area (Å²) in [5.41, 5.74) is 0.817. The Morgan fingerprint density at radius 2 is 1.95 bits per heavy atom. The Labute approximate surface area is 113 Å². The minimum Gasteiger partial charge on any atom is -0.314 e. The van der Waals surface area contributed by atoms with Crippen molar-refractivity contribution in [2.24, 2.45) is 5.92 Å². The fourth-order valence-electron chi connectivity index (χ4n) is 2.07. The molecule has 1 atom stereocenters. The molecule has 1 unspecified atom stereocenters. The number of hydrogen-bond donors (Lipinski definition) is 0. The monoisotopic (exact) mass is 252 g/mol. The Morgan fingerprint density at radius 3 is 2.58 bits per heavy atom. The van der Waals surface area contributed by atoms with Crippen LogP contribution < -0.4 is 4.90 Å². The molecule has 19 heavy (non-hydrogen) atoms. The zero-order valence-corrected chi connectivity index (χ0v) is 11.1. The first-order valence-electron chi connectivity index (χ1n) is 6.33. The second-order valence-corrected chi connectivity index (χ2v) is 4.52. The van der Waals surface area contributed by atoms with Gasteiger partial charge in [0.1, 0.15) is 5.92 Å². The fraction of sp³-hybridized carbons (Fsp3) is 0.250. The first-order valence-corrected chi connectivity index (χ1v) is 6.33. The summed E-state index contributed by atoms with van der Waals surface area (Å²) in [5, 5.41) is 11.2. The minimum atomic E-state index is -0.573. The molecule has 0 aromatic heterocycles. The second-order valence-electron chi connectivity index (χ2n) is 4.52. The van der Waals surface area contributed by atoms with Gasteiger partial charge in [-0.2, -0.15) is 5.26 Å². The smallest absolute Gasteiger partial charge is 0.244 e. The first-order chi connectivity index (χ1) is 9.17. The lowest BCUT2D eigenvalue weighted by Crippen LogP contribution is -2.31. The van der Waals surface area contributed by atoms with Crippen LogP contribution in [0.25, 0.3) is 10.8 Å². The number of carbonyl (C=O) groups excluding carboxylic acids is 1. The van der Waals surface area contributed by atoms with E-state index in [2.05, 4.69) is 0 Å². The first kappa shape index (κ1) is 13.1. The second kappa shape index (κ2) is 5.53. The summed E-state index contributed by atoms with van der Waals surface area (Å²) in [5.74, 6) is -0.725. The van der Waals surface area contributed by atoms with Crippen molar-refractivity contribution in [3.05, 3.63) is 42.5 Å². The molecule has 0 bridgehead atoms. The third-order valence-electron chi connectivity index (χ3n) is 3.31. The average molecular weight is 252 g/mol. The molecule has 96 valence electrons. The lowest BCUT2D eigenvalue weighted by Gasteiger charge is -2.20. The molecule has 0 saturated carbocycles. The molecule has 2 aromatic rings. The van der Waals surface area contributed by atoms with Crippen LogP contribution in [0.15, 0.2) is 42.5 Å². The standard InChI is InChI=1S/C16H16N2O/c1-3-12(11-17)16(19)18(2)15-9-8-13-6-4-5-7-14(13)10-15/h4-10,12H,3H2,1-2H3. The SMILES string of the molecule is CCC(C#N)C(=O)N(C)c1ccc2ccccc2c1. The van der Waals surface area contributed by atoms with E-state index in [1.54, 1.807) is 11.9 Å². The third-order valence-corrected chi connectivity index (χ3v) is 3.31. The lowest BCUT2D eigenvalue weighted by atomic mass is 10.1. The maximum Gasteiger partial charge on any atom is 0.244 e. The Balaban J connectivity index is 2.34. The van der Waals surface area contributed by atoms with Crippen molar-refractivity contribution < 1.29 is 4.79 Å². The third kappa shape index (κ3) is 2.58. The Morgan fingerprint density at radius 1 is 1.26 bits per heavy atom. The number of nitriles is 1. The van der Waals surface area contributed by atoms with Gasteiger partial charge in [0.15, 0.2) is 0 Å². The minimum absolute atomic E-state index is 0.153. The van der Waals surface area contributed by atoms with E-state index in [0.717, 1.165) is 16.5 Å². The zero-order valence-electron chi connectivity index (χ0n) is 11.1. The van der Waals surface area contributed by atoms with Crippen LogP contribution in [0.4, 0.5) is 5.69 Å². The fourth-order valence-corrected chi connectivity index (χ4v) is 2.07. The lowest BCUT2D eigenvalue weighted by molar-refractivity contribution is -0.120. The van der Waals surface area contributed by atoms with Crippen LogP contribution in [-0.4, -0.2) is 13.0 Å². The van der Waals surface area contributed by atoms with Gasteiger partial charge in [-0.15, -0.1) is 0 Å². The molecular formula is C16H16N2O. The van der Waals surface area contributed by atoms with Crippen molar-refractivity contribution in [1.29, 1.82) is 5.26 Å². The van der Waals surface area contributed by atoms with E-state index >= 15 is 0 Å². The molecule has 0 saturated heterocycles. The van der Waals surface area contributed by atoms with Crippen LogP contribution in [0.3, 0.4) is 0 Å². The maximum atomic E-state index is 12.1. The number of rotatable bonds is 3. The van der Waals surface area contributed by atoms with Gasteiger partial charge in [-0.25, -0.2) is 0 Å². The molecule has 0 aliphatic heterocycles. The molecule has 0 radical (unpaired) electrons. The van der Waals surface area contributed by atoms with Crippen molar-refractivity contribution in [3.63, 3.8) is 0 Å². The van der Waals surface area contributed by atoms with Gasteiger partial charge >= 0.3 is 0 Å². The van der Waals surface area contributed by atoms with E-state index in [1.807, 2.05) is 55.5 Å². The van der Waals surface area contributed by atoms with Gasteiger partial charge in [-0.1, -0.05) is 37.3 Å². The summed E-state index contributed by atoms with van der Waals surface area (Å²) in [6.07, 6.45) is 0.535. The van der Waals surface area contributed by atoms with Crippen LogP contribution in [0, 0.1) is 17.2 Å². The van der Waals surface area contributed by atoms with Crippen molar-refractivity contribution in [1.82, 2.24) is 0 Å². The molecule has 3 heteroatoms. The molecule has 2 rings (SSSR count). The van der Waals surface area contributed by atoms with Gasteiger partial charge < -0.3 is 4.90 Å². The highest BCUT2D eigenvalue weighted by Crippen LogP contribution is 2.22. The summed E-state index contributed by atoms with van der Waals surface area (Å²) in [7, 11) is 1.71. The molecular weight excluding hydrogens is 236 g/mol. The van der Waals surface area contributed by atoms with E-state index < -0.39 is 5.92 Å². The number of carbonyl (C=O) groups is 1. The molecule has 0 spiro atoms. The van der Waals surface area contributed by atoms with Crippen molar-refractivity contribution in [2.75, 3.05) is 11.9 Å². The van der Waals surface area contributed by atoms with Crippen LogP contribution in [0.5, 0.6) is 0 Å². The number of amides is 1. The van der Waals surface area contributed by atoms with Gasteiger partial charge in [0.05, 0.1) is 6.07 Å². The highest BCUT2D eigenvalue weighted by atomic mass is 16.2. The van der Waals surface area contributed by atoms with Gasteiger partial charge in [-0.05, 0) is 29.3 Å². The summed E-state index contributed by atoms with van der Waals surface area (Å²) in [6, 6.07) is 15.9. The topological polar surface area (TPSA) is 44.1 Å². The number of nitrogens with zero attached hydrogens (tertiary/aromatic N) is 2. The van der Waals surface area contributed by atoms with E-state index in [1.165, 1.54) is 0 Å². The van der Waals surface area contributed by atoms with E-state index in [4.69, 9.17) is 5.26 Å². The van der Waals surface area contributed by atoms with Crippen molar-refractivity contribution in [3.8, 4) is 6.07 Å². The molecule has 0 N–H and O–H groups in total. The number of fused-ring (bicyclic) bond motifs is 1. The highest BCUT2D eigenvalue weighted by Gasteiger charge is 2.20. The van der Waals surface area contributed by atoms with Crippen LogP contribution in [-0.2, 0) is 4.79 Å². The van der Waals surface area contributed by atoms with E-state index in [9.17, 15) is 4.79 Å². The quantitative estimate of drug-likeness (QED) is 0.840. The van der Waals surface area contributed by atoms with Crippen LogP contribution in [0.2, 0.25) is 0 Å². The predicted molar refractivity (Wildman–Crippen MR) is 76.8 cm³/mol. The molecule has 3 nitrogen and oxygen atoms in total. The van der Waals surface area contributed by atoms with E-state index in [0.29, 0.717) is 6.42 Å². The molecule has 2 aromatic carbocycles. The molecule has 1 amide bonds. The Hall–Kier alpha value is -2.34. The molecule has 0 heterocycles. The van der Waals surface area contributed by atoms with Crippen molar-refractivity contribution in [2.45, 2.75) is 13.3 Å². The van der Waals surface area contributed by atoms with Crippen LogP contribution >= 0.6 is 0 Å². The number of hydrogen-bond acceptors (Lipinski definition) is 2. The molecule has 0 fully saturated rings. The van der Waals surface area contributed by atoms with Gasteiger partial charge in [0, 0.05) is 12.7 Å². The number of benzene rings is 2. The van der Waals surface area contributed by atoms with Gasteiger partial charge in [0.2, 0.25) is 5.91 Å². The van der Waals surface area contributed by atoms with Crippen molar-refractivity contribution >= 4 is 22.4 Å². The van der Waals surface area contributed by atoms with Crippen LogP contribution in [0.1, 0.15) is 13.3 Å². The molecule has 0 aliphatic rings.